The van der Waals surface area contributed by atoms with E-state index < -0.39 is 5.60 Å². The van der Waals surface area contributed by atoms with Crippen molar-refractivity contribution < 1.29 is 14.3 Å². The molecular formula is C28H36ClNO3S. The van der Waals surface area contributed by atoms with Crippen LogP contribution >= 0.6 is 23.4 Å². The Morgan fingerprint density at radius 2 is 1.97 bits per heavy atom. The molecule has 0 aromatic heterocycles. The van der Waals surface area contributed by atoms with E-state index in [0.717, 1.165) is 62.0 Å². The third kappa shape index (κ3) is 5.92. The number of fused-ring (bicyclic) bond motifs is 2. The van der Waals surface area contributed by atoms with E-state index >= 15 is 0 Å². The number of carbonyl (C=O) groups is 1. The van der Waals surface area contributed by atoms with Crippen LogP contribution in [0.2, 0.25) is 5.02 Å². The van der Waals surface area contributed by atoms with Gasteiger partial charge in [-0.05, 0) is 82.4 Å². The van der Waals surface area contributed by atoms with Crippen LogP contribution in [0.25, 0.3) is 0 Å². The van der Waals surface area contributed by atoms with Crippen molar-refractivity contribution >= 4 is 29.3 Å². The first-order valence-corrected chi connectivity index (χ1v) is 13.7. The Morgan fingerprint density at radius 3 is 2.68 bits per heavy atom. The van der Waals surface area contributed by atoms with Gasteiger partial charge in [-0.3, -0.25) is 4.79 Å². The predicted molar refractivity (Wildman–Crippen MR) is 140 cm³/mol. The second-order valence-corrected chi connectivity index (χ2v) is 11.9. The minimum Gasteiger partial charge on any atom is -0.492 e. The molecule has 2 aromatic rings. The molecule has 4 nitrogen and oxygen atoms in total. The second-order valence-electron chi connectivity index (χ2n) is 10.4. The Labute approximate surface area is 213 Å². The van der Waals surface area contributed by atoms with Crippen molar-refractivity contribution in [3.05, 3.63) is 58.1 Å². The highest BCUT2D eigenvalue weighted by Gasteiger charge is 2.43. The zero-order chi connectivity index (χ0) is 24.3. The number of aryl methyl sites for hydroxylation is 1. The van der Waals surface area contributed by atoms with E-state index in [0.29, 0.717) is 6.42 Å². The van der Waals surface area contributed by atoms with Gasteiger partial charge in [-0.25, -0.2) is 0 Å². The Morgan fingerprint density at radius 1 is 1.21 bits per heavy atom. The van der Waals surface area contributed by atoms with E-state index in [2.05, 4.69) is 36.1 Å². The monoisotopic (exact) mass is 501 g/mol. The van der Waals surface area contributed by atoms with Crippen LogP contribution in [-0.4, -0.2) is 42.7 Å². The van der Waals surface area contributed by atoms with Crippen LogP contribution in [0.5, 0.6) is 5.75 Å². The molecule has 0 radical (unpaired) electrons. The summed E-state index contributed by atoms with van der Waals surface area (Å²) >= 11 is 8.29. The molecule has 2 aliphatic rings. The zero-order valence-electron chi connectivity index (χ0n) is 20.8. The molecule has 1 spiro atoms. The number of nitrogens with zero attached hydrogens (tertiary/aromatic N) is 1. The minimum atomic E-state index is -0.420. The van der Waals surface area contributed by atoms with Gasteiger partial charge < -0.3 is 14.4 Å². The van der Waals surface area contributed by atoms with Gasteiger partial charge in [-0.2, -0.15) is 0 Å². The van der Waals surface area contributed by atoms with Gasteiger partial charge in [-0.1, -0.05) is 36.7 Å². The molecule has 1 fully saturated rings. The van der Waals surface area contributed by atoms with Crippen LogP contribution in [0.15, 0.2) is 41.3 Å². The van der Waals surface area contributed by atoms with Crippen molar-refractivity contribution in [2.45, 2.75) is 75.0 Å². The number of likely N-dealkylation sites (tertiary alicyclic amines) is 1. The fourth-order valence-electron chi connectivity index (χ4n) is 4.96. The minimum absolute atomic E-state index is 0.0963. The molecule has 0 amide bonds. The summed E-state index contributed by atoms with van der Waals surface area (Å²) in [7, 11) is 0. The molecule has 0 unspecified atom stereocenters. The molecule has 0 bridgehead atoms. The van der Waals surface area contributed by atoms with Gasteiger partial charge in [0.25, 0.3) is 0 Å². The third-order valence-corrected chi connectivity index (χ3v) is 8.25. The van der Waals surface area contributed by atoms with Gasteiger partial charge in [0.15, 0.2) is 0 Å². The summed E-state index contributed by atoms with van der Waals surface area (Å²) in [6, 6.07) is 12.9. The van der Waals surface area contributed by atoms with Crippen molar-refractivity contribution in [2.24, 2.45) is 0 Å². The van der Waals surface area contributed by atoms with Crippen LogP contribution in [0.4, 0.5) is 0 Å². The normalized spacial score (nSPS) is 17.4. The molecule has 4 rings (SSSR count). The maximum Gasteiger partial charge on any atom is 0.307 e. The topological polar surface area (TPSA) is 38.8 Å². The summed E-state index contributed by atoms with van der Waals surface area (Å²) in [4.78, 5) is 15.7. The van der Waals surface area contributed by atoms with Gasteiger partial charge >= 0.3 is 5.97 Å². The first-order valence-electron chi connectivity index (χ1n) is 12.3. The number of esters is 1. The summed E-state index contributed by atoms with van der Waals surface area (Å²) < 4.78 is 11.7. The summed E-state index contributed by atoms with van der Waals surface area (Å²) in [6.07, 6.45) is 3.55. The Hall–Kier alpha value is -1.69. The standard InChI is InChI=1S/C28H36ClNO3S/c1-5-20-7-6-8-24(29)22(20)18-34-21-9-10-23-25(17-21)32-19-28(23)12-15-30(16-13-28)14-11-26(31)33-27(2,3)4/h6-10,17H,5,11-16,18-19H2,1-4H3. The largest absolute Gasteiger partial charge is 0.492 e. The SMILES string of the molecule is CCc1cccc(Cl)c1CSc1ccc2c(c1)OCC21CCN(CCC(=O)OC(C)(C)C)CC1. The smallest absolute Gasteiger partial charge is 0.307 e. The van der Waals surface area contributed by atoms with E-state index in [-0.39, 0.29) is 11.4 Å². The number of hydrogen-bond acceptors (Lipinski definition) is 5. The lowest BCUT2D eigenvalue weighted by Crippen LogP contribution is -2.44. The van der Waals surface area contributed by atoms with Gasteiger partial charge in [0.2, 0.25) is 0 Å². The lowest BCUT2D eigenvalue weighted by Gasteiger charge is -2.38. The molecule has 2 aromatic carbocycles. The number of hydrogen-bond donors (Lipinski definition) is 0. The van der Waals surface area contributed by atoms with Crippen LogP contribution in [0.1, 0.15) is 63.6 Å². The lowest BCUT2D eigenvalue weighted by atomic mass is 9.74. The highest BCUT2D eigenvalue weighted by Crippen LogP contribution is 2.47. The summed E-state index contributed by atoms with van der Waals surface area (Å²) in [6.45, 7) is 11.4. The average Bonchev–Trinajstić information content (AvgIpc) is 3.14. The quantitative estimate of drug-likeness (QED) is 0.313. The lowest BCUT2D eigenvalue weighted by molar-refractivity contribution is -0.155. The second kappa shape index (κ2) is 10.5. The van der Waals surface area contributed by atoms with Gasteiger partial charge in [0, 0.05) is 33.2 Å². The first-order chi connectivity index (χ1) is 16.2. The third-order valence-electron chi connectivity index (χ3n) is 6.87. The molecular weight excluding hydrogens is 466 g/mol. The van der Waals surface area contributed by atoms with Crippen molar-refractivity contribution in [3.8, 4) is 5.75 Å². The Bertz CT molecular complexity index is 1020. The molecule has 2 heterocycles. The van der Waals surface area contributed by atoms with E-state index in [1.54, 1.807) is 0 Å². The fourth-order valence-corrected chi connectivity index (χ4v) is 6.30. The first kappa shape index (κ1) is 25.4. The Kier molecular flexibility index (Phi) is 7.85. The maximum atomic E-state index is 12.1. The Balaban J connectivity index is 1.34. The molecule has 0 atom stereocenters. The number of rotatable bonds is 7. The van der Waals surface area contributed by atoms with Crippen molar-refractivity contribution in [2.75, 3.05) is 26.2 Å². The summed E-state index contributed by atoms with van der Waals surface area (Å²) in [5, 5.41) is 0.849. The number of thioether (sulfide) groups is 1. The van der Waals surface area contributed by atoms with Gasteiger partial charge in [0.05, 0.1) is 13.0 Å². The van der Waals surface area contributed by atoms with Gasteiger partial charge in [-0.15, -0.1) is 11.8 Å². The predicted octanol–water partition coefficient (Wildman–Crippen LogP) is 6.65. The summed E-state index contributed by atoms with van der Waals surface area (Å²) in [5.74, 6) is 1.77. The van der Waals surface area contributed by atoms with Crippen molar-refractivity contribution in [1.82, 2.24) is 4.90 Å². The number of ether oxygens (including phenoxy) is 2. The summed E-state index contributed by atoms with van der Waals surface area (Å²) in [5.41, 5.74) is 3.56. The molecule has 0 saturated carbocycles. The molecule has 0 aliphatic carbocycles. The van der Waals surface area contributed by atoms with Crippen molar-refractivity contribution in [3.63, 3.8) is 0 Å². The molecule has 0 N–H and O–H groups in total. The van der Waals surface area contributed by atoms with Crippen LogP contribution in [-0.2, 0) is 27.1 Å². The van der Waals surface area contributed by atoms with E-state index in [1.807, 2.05) is 44.7 Å². The molecule has 2 aliphatic heterocycles. The highest BCUT2D eigenvalue weighted by atomic mass is 35.5. The number of benzene rings is 2. The highest BCUT2D eigenvalue weighted by molar-refractivity contribution is 7.98. The number of piperidine rings is 1. The zero-order valence-corrected chi connectivity index (χ0v) is 22.4. The molecule has 184 valence electrons. The molecule has 34 heavy (non-hydrogen) atoms. The maximum absolute atomic E-state index is 12.1. The van der Waals surface area contributed by atoms with Crippen LogP contribution in [0, 0.1) is 0 Å². The van der Waals surface area contributed by atoms with E-state index in [4.69, 9.17) is 21.1 Å². The van der Waals surface area contributed by atoms with E-state index in [1.165, 1.54) is 21.6 Å². The molecule has 1 saturated heterocycles. The molecule has 6 heteroatoms. The average molecular weight is 502 g/mol. The van der Waals surface area contributed by atoms with E-state index in [9.17, 15) is 4.79 Å². The van der Waals surface area contributed by atoms with Crippen LogP contribution < -0.4 is 4.74 Å². The number of halogens is 1. The van der Waals surface area contributed by atoms with Crippen LogP contribution in [0.3, 0.4) is 0 Å². The number of carbonyl (C=O) groups excluding carboxylic acids is 1. The van der Waals surface area contributed by atoms with Crippen molar-refractivity contribution in [1.29, 1.82) is 0 Å². The van der Waals surface area contributed by atoms with Gasteiger partial charge in [0.1, 0.15) is 11.4 Å². The fraction of sp³-hybridized carbons (Fsp3) is 0.536.